The number of hydrogen-bond acceptors (Lipinski definition) is 5. The highest BCUT2D eigenvalue weighted by molar-refractivity contribution is 7.80. The van der Waals surface area contributed by atoms with E-state index in [0.717, 1.165) is 50.1 Å². The van der Waals surface area contributed by atoms with Crippen molar-refractivity contribution in [3.05, 3.63) is 77.4 Å². The molecule has 2 atom stereocenters. The molecule has 7 nitrogen and oxygen atoms in total. The largest absolute Gasteiger partial charge is 0.385 e. The fourth-order valence-electron chi connectivity index (χ4n) is 5.48. The molecule has 0 bridgehead atoms. The lowest BCUT2D eigenvalue weighted by molar-refractivity contribution is 0.122. The zero-order valence-corrected chi connectivity index (χ0v) is 22.1. The molecule has 2 aliphatic rings. The highest BCUT2D eigenvalue weighted by Crippen LogP contribution is 2.41. The average Bonchev–Trinajstić information content (AvgIpc) is 3.40. The maximum atomic E-state index is 5.82. The number of morpholine rings is 1. The van der Waals surface area contributed by atoms with Gasteiger partial charge in [-0.2, -0.15) is 0 Å². The Morgan fingerprint density at radius 1 is 1.08 bits per heavy atom. The third-order valence-corrected chi connectivity index (χ3v) is 7.57. The fraction of sp³-hybridized carbons (Fsp3) is 0.429. The molecule has 2 aliphatic heterocycles. The molecule has 2 fully saturated rings. The van der Waals surface area contributed by atoms with E-state index in [1.165, 1.54) is 28.3 Å². The molecule has 2 aromatic heterocycles. The van der Waals surface area contributed by atoms with Gasteiger partial charge in [0, 0.05) is 62.3 Å². The second-order valence-electron chi connectivity index (χ2n) is 9.44. The molecule has 3 aromatic rings. The molecule has 0 spiro atoms. The number of hydrogen-bond donors (Lipinski definition) is 1. The summed E-state index contributed by atoms with van der Waals surface area (Å²) in [5.74, 6) is 0. The van der Waals surface area contributed by atoms with Crippen molar-refractivity contribution in [2.75, 3.05) is 51.5 Å². The van der Waals surface area contributed by atoms with Crippen LogP contribution in [0.3, 0.4) is 0 Å². The first-order valence-corrected chi connectivity index (χ1v) is 13.1. The SMILES string of the molecule is COCCCN1C(=S)N[C@H](c2ccccn2)[C@H]1c1cc(C)n(-c2ccc(N3CCOCC3)cc2)c1C. The zero-order chi connectivity index (χ0) is 25.1. The van der Waals surface area contributed by atoms with Crippen molar-refractivity contribution >= 4 is 23.0 Å². The van der Waals surface area contributed by atoms with Crippen LogP contribution < -0.4 is 10.2 Å². The lowest BCUT2D eigenvalue weighted by Gasteiger charge is -2.29. The Morgan fingerprint density at radius 3 is 2.53 bits per heavy atom. The van der Waals surface area contributed by atoms with E-state index in [9.17, 15) is 0 Å². The minimum Gasteiger partial charge on any atom is -0.385 e. The van der Waals surface area contributed by atoms with Gasteiger partial charge in [-0.05, 0) is 80.5 Å². The first-order valence-electron chi connectivity index (χ1n) is 12.7. The van der Waals surface area contributed by atoms with Crippen molar-refractivity contribution in [3.63, 3.8) is 0 Å². The zero-order valence-electron chi connectivity index (χ0n) is 21.3. The number of aromatic nitrogens is 2. The molecule has 0 saturated carbocycles. The van der Waals surface area contributed by atoms with Gasteiger partial charge in [0.1, 0.15) is 0 Å². The van der Waals surface area contributed by atoms with Crippen molar-refractivity contribution in [1.82, 2.24) is 19.8 Å². The van der Waals surface area contributed by atoms with Gasteiger partial charge in [0.15, 0.2) is 5.11 Å². The molecule has 8 heteroatoms. The number of rotatable bonds is 8. The highest BCUT2D eigenvalue weighted by Gasteiger charge is 2.41. The van der Waals surface area contributed by atoms with Crippen LogP contribution in [-0.4, -0.2) is 66.1 Å². The average molecular weight is 506 g/mol. The molecule has 2 saturated heterocycles. The van der Waals surface area contributed by atoms with Gasteiger partial charge in [0.05, 0.1) is 31.0 Å². The molecule has 0 radical (unpaired) electrons. The predicted molar refractivity (Wildman–Crippen MR) is 147 cm³/mol. The Balaban J connectivity index is 1.49. The molecular weight excluding hydrogens is 470 g/mol. The van der Waals surface area contributed by atoms with E-state index >= 15 is 0 Å². The second kappa shape index (κ2) is 11.0. The molecule has 36 heavy (non-hydrogen) atoms. The first kappa shape index (κ1) is 24.7. The standard InChI is InChI=1S/C28H35N5O2S/c1-20-19-24(21(2)33(20)23-10-8-22(9-11-23)31-14-17-35-18-15-31)27-26(25-7-4-5-12-29-25)30-28(36)32(27)13-6-16-34-3/h4-5,7-12,19,26-27H,6,13-18H2,1-3H3,(H,30,36)/t26-,27-/m1/s1. The summed E-state index contributed by atoms with van der Waals surface area (Å²) in [7, 11) is 1.74. The lowest BCUT2D eigenvalue weighted by Crippen LogP contribution is -2.36. The Kier molecular flexibility index (Phi) is 7.55. The Bertz CT molecular complexity index is 1170. The van der Waals surface area contributed by atoms with Crippen molar-refractivity contribution in [2.24, 2.45) is 0 Å². The Labute approximate surface area is 219 Å². The third kappa shape index (κ3) is 4.85. The van der Waals surface area contributed by atoms with E-state index in [2.05, 4.69) is 74.9 Å². The topological polar surface area (TPSA) is 54.8 Å². The normalized spacial score (nSPS) is 20.1. The van der Waals surface area contributed by atoms with Gasteiger partial charge in [-0.25, -0.2) is 0 Å². The Morgan fingerprint density at radius 2 is 1.83 bits per heavy atom. The van der Waals surface area contributed by atoms with E-state index in [0.29, 0.717) is 6.61 Å². The number of thiocarbonyl (C=S) groups is 1. The monoisotopic (exact) mass is 505 g/mol. The van der Waals surface area contributed by atoms with E-state index < -0.39 is 0 Å². The number of methoxy groups -OCH3 is 1. The maximum Gasteiger partial charge on any atom is 0.170 e. The van der Waals surface area contributed by atoms with Crippen LogP contribution >= 0.6 is 12.2 Å². The quantitative estimate of drug-likeness (QED) is 0.361. The number of benzene rings is 1. The molecular formula is C28H35N5O2S. The summed E-state index contributed by atoms with van der Waals surface area (Å²) in [4.78, 5) is 9.37. The minimum atomic E-state index is -0.0149. The lowest BCUT2D eigenvalue weighted by atomic mass is 9.96. The van der Waals surface area contributed by atoms with Crippen LogP contribution in [0, 0.1) is 13.8 Å². The van der Waals surface area contributed by atoms with Gasteiger partial charge < -0.3 is 29.2 Å². The number of nitrogens with one attached hydrogen (secondary N) is 1. The number of anilines is 1. The smallest absolute Gasteiger partial charge is 0.170 e. The van der Waals surface area contributed by atoms with E-state index in [1.807, 2.05) is 18.3 Å². The third-order valence-electron chi connectivity index (χ3n) is 7.22. The number of ether oxygens (including phenoxy) is 2. The van der Waals surface area contributed by atoms with E-state index in [-0.39, 0.29) is 12.1 Å². The number of nitrogens with zero attached hydrogens (tertiary/aromatic N) is 4. The van der Waals surface area contributed by atoms with E-state index in [1.54, 1.807) is 7.11 Å². The molecule has 0 unspecified atom stereocenters. The van der Waals surface area contributed by atoms with Gasteiger partial charge >= 0.3 is 0 Å². The first-order chi connectivity index (χ1) is 17.6. The highest BCUT2D eigenvalue weighted by atomic mass is 32.1. The predicted octanol–water partition coefficient (Wildman–Crippen LogP) is 4.33. The summed E-state index contributed by atoms with van der Waals surface area (Å²) in [5.41, 5.74) is 7.11. The van der Waals surface area contributed by atoms with Gasteiger partial charge in [0.2, 0.25) is 0 Å². The van der Waals surface area contributed by atoms with Crippen LogP contribution in [-0.2, 0) is 9.47 Å². The number of aryl methyl sites for hydroxylation is 1. The molecule has 5 rings (SSSR count). The number of pyridine rings is 1. The van der Waals surface area contributed by atoms with Gasteiger partial charge in [0.25, 0.3) is 0 Å². The summed E-state index contributed by atoms with van der Waals surface area (Å²) >= 11 is 5.82. The molecule has 4 heterocycles. The summed E-state index contributed by atoms with van der Waals surface area (Å²) < 4.78 is 13.2. The minimum absolute atomic E-state index is 0.0149. The molecule has 1 N–H and O–H groups in total. The van der Waals surface area contributed by atoms with Crippen molar-refractivity contribution in [2.45, 2.75) is 32.4 Å². The van der Waals surface area contributed by atoms with Crippen LogP contribution in [0.5, 0.6) is 0 Å². The maximum absolute atomic E-state index is 5.82. The van der Waals surface area contributed by atoms with Gasteiger partial charge in [-0.3, -0.25) is 4.98 Å². The molecule has 190 valence electrons. The van der Waals surface area contributed by atoms with E-state index in [4.69, 9.17) is 21.7 Å². The van der Waals surface area contributed by atoms with Crippen LogP contribution in [0.25, 0.3) is 5.69 Å². The molecule has 1 aromatic carbocycles. The van der Waals surface area contributed by atoms with Gasteiger partial charge in [-0.1, -0.05) is 6.07 Å². The van der Waals surface area contributed by atoms with Crippen LogP contribution in [0.4, 0.5) is 5.69 Å². The van der Waals surface area contributed by atoms with Crippen molar-refractivity contribution < 1.29 is 9.47 Å². The second-order valence-corrected chi connectivity index (χ2v) is 9.83. The molecule has 0 aliphatic carbocycles. The summed E-state index contributed by atoms with van der Waals surface area (Å²) in [5, 5.41) is 4.33. The van der Waals surface area contributed by atoms with Crippen LogP contribution in [0.2, 0.25) is 0 Å². The summed E-state index contributed by atoms with van der Waals surface area (Å²) in [6, 6.07) is 17.3. The van der Waals surface area contributed by atoms with Crippen molar-refractivity contribution in [3.8, 4) is 5.69 Å². The van der Waals surface area contributed by atoms with Crippen LogP contribution in [0.15, 0.2) is 54.7 Å². The van der Waals surface area contributed by atoms with Gasteiger partial charge in [-0.15, -0.1) is 0 Å². The van der Waals surface area contributed by atoms with Crippen LogP contribution in [0.1, 0.15) is 41.1 Å². The van der Waals surface area contributed by atoms with Crippen molar-refractivity contribution in [1.29, 1.82) is 0 Å². The molecule has 0 amide bonds. The summed E-state index contributed by atoms with van der Waals surface area (Å²) in [6.07, 6.45) is 2.76. The Hall–Kier alpha value is -2.94. The fourth-order valence-corrected chi connectivity index (χ4v) is 5.81. The summed E-state index contributed by atoms with van der Waals surface area (Å²) in [6.45, 7) is 9.37.